The van der Waals surface area contributed by atoms with E-state index in [2.05, 4.69) is 10.6 Å². The van der Waals surface area contributed by atoms with E-state index in [1.165, 1.54) is 0 Å². The fourth-order valence-electron chi connectivity index (χ4n) is 5.23. The summed E-state index contributed by atoms with van der Waals surface area (Å²) < 4.78 is 17.9. The number of aryl methyl sites for hydroxylation is 1. The number of nitrogens with zero attached hydrogens (tertiary/aromatic N) is 1. The van der Waals surface area contributed by atoms with Crippen LogP contribution in [0.15, 0.2) is 89.9 Å². The van der Waals surface area contributed by atoms with Gasteiger partial charge in [-0.1, -0.05) is 66.7 Å². The minimum Gasteiger partial charge on any atom is -0.497 e. The van der Waals surface area contributed by atoms with Crippen LogP contribution in [-0.2, 0) is 44.1 Å². The van der Waals surface area contributed by atoms with Crippen molar-refractivity contribution in [2.45, 2.75) is 85.1 Å². The van der Waals surface area contributed by atoms with Gasteiger partial charge in [0.05, 0.1) is 19.1 Å². The standard InChI is InChI=1S/C40H47N3O7/c1-26-23-43(24-29-16-20-32(48-8)21-17-29)36(45)34(27(26)2)42-35(44)33(41-38(47)49-25-30-12-10-9-11-13-30)22-28-14-18-31(19-15-28)40(6,7)37(46)50-39(3,4)5/h9-21,23,33H,22,24-25H2,1-8H3,(H,41,47)(H,42,44). The predicted octanol–water partition coefficient (Wildman–Crippen LogP) is 6.62. The highest BCUT2D eigenvalue weighted by atomic mass is 16.6. The molecule has 0 saturated heterocycles. The van der Waals surface area contributed by atoms with Gasteiger partial charge in [0.15, 0.2) is 0 Å². The first-order chi connectivity index (χ1) is 23.6. The Morgan fingerprint density at radius 3 is 2.04 bits per heavy atom. The number of rotatable bonds is 12. The normalized spacial score (nSPS) is 12.1. The van der Waals surface area contributed by atoms with E-state index < -0.39 is 29.1 Å². The Labute approximate surface area is 293 Å². The lowest BCUT2D eigenvalue weighted by Crippen LogP contribution is -2.46. The van der Waals surface area contributed by atoms with E-state index in [1.807, 2.05) is 94.4 Å². The van der Waals surface area contributed by atoms with E-state index in [0.29, 0.717) is 11.3 Å². The van der Waals surface area contributed by atoms with Crippen molar-refractivity contribution < 1.29 is 28.6 Å². The molecule has 0 bridgehead atoms. The number of amides is 2. The van der Waals surface area contributed by atoms with Crippen LogP contribution in [0.5, 0.6) is 5.75 Å². The summed E-state index contributed by atoms with van der Waals surface area (Å²) in [5.41, 5.74) is 2.75. The van der Waals surface area contributed by atoms with Gasteiger partial charge in [0.1, 0.15) is 29.7 Å². The van der Waals surface area contributed by atoms with Crippen molar-refractivity contribution in [3.05, 3.63) is 129 Å². The zero-order valence-electron chi connectivity index (χ0n) is 30.1. The van der Waals surface area contributed by atoms with Crippen LogP contribution >= 0.6 is 0 Å². The molecule has 0 aliphatic carbocycles. The molecule has 50 heavy (non-hydrogen) atoms. The molecule has 1 aromatic heterocycles. The lowest BCUT2D eigenvalue weighted by Gasteiger charge is -2.29. The zero-order chi connectivity index (χ0) is 36.6. The zero-order valence-corrected chi connectivity index (χ0v) is 30.1. The molecule has 1 atom stereocenters. The molecule has 264 valence electrons. The second-order valence-electron chi connectivity index (χ2n) is 13.9. The van der Waals surface area contributed by atoms with Crippen LogP contribution in [0.3, 0.4) is 0 Å². The summed E-state index contributed by atoms with van der Waals surface area (Å²) in [6.07, 6.45) is 1.06. The van der Waals surface area contributed by atoms with E-state index in [-0.39, 0.29) is 36.8 Å². The van der Waals surface area contributed by atoms with Gasteiger partial charge in [-0.2, -0.15) is 0 Å². The molecule has 0 aliphatic rings. The molecule has 2 amide bonds. The summed E-state index contributed by atoms with van der Waals surface area (Å²) in [6, 6.07) is 22.7. The van der Waals surface area contributed by atoms with Crippen molar-refractivity contribution in [3.63, 3.8) is 0 Å². The molecule has 1 heterocycles. The van der Waals surface area contributed by atoms with Crippen LogP contribution in [0.2, 0.25) is 0 Å². The highest BCUT2D eigenvalue weighted by Crippen LogP contribution is 2.28. The number of aromatic nitrogens is 1. The highest BCUT2D eigenvalue weighted by Gasteiger charge is 2.34. The topological polar surface area (TPSA) is 125 Å². The number of hydrogen-bond donors (Lipinski definition) is 2. The number of carbonyl (C=O) groups is 3. The minimum absolute atomic E-state index is 0.0164. The number of carbonyl (C=O) groups excluding carboxylic acids is 3. The summed E-state index contributed by atoms with van der Waals surface area (Å²) in [6.45, 7) is 13.0. The molecule has 0 spiro atoms. The quantitative estimate of drug-likeness (QED) is 0.161. The predicted molar refractivity (Wildman–Crippen MR) is 193 cm³/mol. The summed E-state index contributed by atoms with van der Waals surface area (Å²) in [4.78, 5) is 53.6. The molecule has 3 aromatic carbocycles. The molecular weight excluding hydrogens is 634 g/mol. The summed E-state index contributed by atoms with van der Waals surface area (Å²) in [7, 11) is 1.59. The maximum Gasteiger partial charge on any atom is 0.408 e. The van der Waals surface area contributed by atoms with E-state index in [0.717, 1.165) is 27.8 Å². The van der Waals surface area contributed by atoms with Crippen LogP contribution in [0.1, 0.15) is 68.0 Å². The molecule has 1 unspecified atom stereocenters. The SMILES string of the molecule is COc1ccc(Cn2cc(C)c(C)c(NC(=O)C(Cc3ccc(C(C)(C)C(=O)OC(C)(C)C)cc3)NC(=O)OCc3ccccc3)c2=O)cc1. The number of esters is 1. The first-order valence-electron chi connectivity index (χ1n) is 16.5. The number of alkyl carbamates (subject to hydrolysis) is 1. The van der Waals surface area contributed by atoms with Crippen molar-refractivity contribution in [2.75, 3.05) is 12.4 Å². The minimum atomic E-state index is -1.10. The first-order valence-corrected chi connectivity index (χ1v) is 16.5. The Bertz CT molecular complexity index is 1860. The van der Waals surface area contributed by atoms with Gasteiger partial charge in [-0.15, -0.1) is 0 Å². The Hall–Kier alpha value is -5.38. The van der Waals surface area contributed by atoms with Crippen molar-refractivity contribution >= 4 is 23.7 Å². The van der Waals surface area contributed by atoms with E-state index in [1.54, 1.807) is 50.8 Å². The van der Waals surface area contributed by atoms with Gasteiger partial charge in [0, 0.05) is 12.6 Å². The van der Waals surface area contributed by atoms with Gasteiger partial charge in [0.25, 0.3) is 5.56 Å². The van der Waals surface area contributed by atoms with Crippen LogP contribution in [-0.4, -0.2) is 41.3 Å². The van der Waals surface area contributed by atoms with Gasteiger partial charge < -0.3 is 29.4 Å². The van der Waals surface area contributed by atoms with Gasteiger partial charge >= 0.3 is 12.1 Å². The largest absolute Gasteiger partial charge is 0.497 e. The summed E-state index contributed by atoms with van der Waals surface area (Å²) in [5.74, 6) is -0.234. The third-order valence-electron chi connectivity index (χ3n) is 8.40. The highest BCUT2D eigenvalue weighted by molar-refractivity contribution is 5.97. The van der Waals surface area contributed by atoms with Crippen LogP contribution in [0, 0.1) is 13.8 Å². The molecule has 4 rings (SSSR count). The molecule has 10 heteroatoms. The lowest BCUT2D eigenvalue weighted by atomic mass is 9.84. The van der Waals surface area contributed by atoms with Gasteiger partial charge in [-0.25, -0.2) is 4.79 Å². The molecule has 0 radical (unpaired) electrons. The fourth-order valence-corrected chi connectivity index (χ4v) is 5.23. The van der Waals surface area contributed by atoms with E-state index >= 15 is 0 Å². The molecule has 10 nitrogen and oxygen atoms in total. The average molecular weight is 682 g/mol. The van der Waals surface area contributed by atoms with Crippen molar-refractivity contribution in [1.29, 1.82) is 0 Å². The van der Waals surface area contributed by atoms with Crippen LogP contribution in [0.25, 0.3) is 0 Å². The van der Waals surface area contributed by atoms with E-state index in [9.17, 15) is 19.2 Å². The fraction of sp³-hybridized carbons (Fsp3) is 0.350. The maximum absolute atomic E-state index is 13.9. The van der Waals surface area contributed by atoms with Crippen LogP contribution in [0.4, 0.5) is 10.5 Å². The number of nitrogens with one attached hydrogen (secondary N) is 2. The second-order valence-corrected chi connectivity index (χ2v) is 13.9. The third-order valence-corrected chi connectivity index (χ3v) is 8.40. The number of anilines is 1. The number of methoxy groups -OCH3 is 1. The van der Waals surface area contributed by atoms with Crippen LogP contribution < -0.4 is 20.9 Å². The lowest BCUT2D eigenvalue weighted by molar-refractivity contribution is -0.160. The van der Waals surface area contributed by atoms with Crippen molar-refractivity contribution in [1.82, 2.24) is 9.88 Å². The number of hydrogen-bond acceptors (Lipinski definition) is 7. The van der Waals surface area contributed by atoms with Gasteiger partial charge in [-0.3, -0.25) is 14.4 Å². The number of benzene rings is 3. The Balaban J connectivity index is 1.58. The van der Waals surface area contributed by atoms with Gasteiger partial charge in [0.2, 0.25) is 5.91 Å². The molecule has 0 aliphatic heterocycles. The molecule has 0 fully saturated rings. The average Bonchev–Trinajstić information content (AvgIpc) is 3.08. The number of pyridine rings is 1. The van der Waals surface area contributed by atoms with Gasteiger partial charge in [-0.05, 0) is 94.0 Å². The molecule has 2 N–H and O–H groups in total. The molecular formula is C40H47N3O7. The second kappa shape index (κ2) is 15.9. The smallest absolute Gasteiger partial charge is 0.408 e. The molecule has 4 aromatic rings. The Morgan fingerprint density at radius 1 is 0.820 bits per heavy atom. The Kier molecular flexibility index (Phi) is 11.9. The first kappa shape index (κ1) is 37.4. The molecule has 0 saturated carbocycles. The Morgan fingerprint density at radius 2 is 1.44 bits per heavy atom. The monoisotopic (exact) mass is 681 g/mol. The number of ether oxygens (including phenoxy) is 3. The van der Waals surface area contributed by atoms with Crippen molar-refractivity contribution in [2.24, 2.45) is 0 Å². The maximum atomic E-state index is 13.9. The summed E-state index contributed by atoms with van der Waals surface area (Å²) in [5, 5.41) is 5.51. The van der Waals surface area contributed by atoms with Crippen molar-refractivity contribution in [3.8, 4) is 5.75 Å². The summed E-state index contributed by atoms with van der Waals surface area (Å²) >= 11 is 0. The van der Waals surface area contributed by atoms with E-state index in [4.69, 9.17) is 14.2 Å². The third kappa shape index (κ3) is 9.84.